The average Bonchev–Trinajstić information content (AvgIpc) is 2.39. The molecule has 3 heteroatoms. The smallest absolute Gasteiger partial charge is 0.0257 e. The molecule has 2 fully saturated rings. The molecule has 2 aliphatic heterocycles. The van der Waals surface area contributed by atoms with Crippen molar-refractivity contribution in [1.29, 1.82) is 0 Å². The van der Waals surface area contributed by atoms with E-state index in [2.05, 4.69) is 35.9 Å². The fraction of sp³-hybridized carbons (Fsp3) is 1.00. The lowest BCUT2D eigenvalue weighted by molar-refractivity contribution is -0.0167. The van der Waals surface area contributed by atoms with Crippen LogP contribution in [-0.4, -0.2) is 61.2 Å². The summed E-state index contributed by atoms with van der Waals surface area (Å²) in [5, 5.41) is 3.52. The predicted octanol–water partition coefficient (Wildman–Crippen LogP) is 1.40. The number of hydrogen-bond acceptors (Lipinski definition) is 3. The SMILES string of the molecule is CCN1CCN(C2(C(C)C)CCNCC2)CC1. The van der Waals surface area contributed by atoms with Crippen LogP contribution in [0.2, 0.25) is 0 Å². The van der Waals surface area contributed by atoms with Gasteiger partial charge in [-0.15, -0.1) is 0 Å². The molecule has 2 rings (SSSR count). The van der Waals surface area contributed by atoms with E-state index in [1.807, 2.05) is 0 Å². The molecule has 3 nitrogen and oxygen atoms in total. The Morgan fingerprint density at radius 1 is 1.06 bits per heavy atom. The second-order valence-corrected chi connectivity index (χ2v) is 5.93. The van der Waals surface area contributed by atoms with E-state index in [1.165, 1.54) is 58.7 Å². The Hall–Kier alpha value is -0.120. The van der Waals surface area contributed by atoms with Gasteiger partial charge in [-0.05, 0) is 38.4 Å². The molecule has 100 valence electrons. The van der Waals surface area contributed by atoms with Gasteiger partial charge in [-0.1, -0.05) is 20.8 Å². The molecule has 17 heavy (non-hydrogen) atoms. The van der Waals surface area contributed by atoms with E-state index in [-0.39, 0.29) is 0 Å². The minimum Gasteiger partial charge on any atom is -0.317 e. The molecule has 0 saturated carbocycles. The van der Waals surface area contributed by atoms with Crippen molar-refractivity contribution >= 4 is 0 Å². The Morgan fingerprint density at radius 2 is 1.65 bits per heavy atom. The lowest BCUT2D eigenvalue weighted by atomic mass is 9.76. The van der Waals surface area contributed by atoms with Gasteiger partial charge in [0.1, 0.15) is 0 Å². The van der Waals surface area contributed by atoms with Crippen LogP contribution >= 0.6 is 0 Å². The Bertz CT molecular complexity index is 226. The lowest BCUT2D eigenvalue weighted by Gasteiger charge is -2.52. The van der Waals surface area contributed by atoms with E-state index in [1.54, 1.807) is 0 Å². The summed E-state index contributed by atoms with van der Waals surface area (Å²) < 4.78 is 0. The zero-order valence-electron chi connectivity index (χ0n) is 11.8. The van der Waals surface area contributed by atoms with Crippen molar-refractivity contribution in [2.45, 2.75) is 39.2 Å². The van der Waals surface area contributed by atoms with Crippen LogP contribution in [0.15, 0.2) is 0 Å². The van der Waals surface area contributed by atoms with Crippen molar-refractivity contribution in [3.63, 3.8) is 0 Å². The Kier molecular flexibility index (Phi) is 4.45. The van der Waals surface area contributed by atoms with Gasteiger partial charge in [0.2, 0.25) is 0 Å². The summed E-state index contributed by atoms with van der Waals surface area (Å²) >= 11 is 0. The van der Waals surface area contributed by atoms with Crippen LogP contribution in [-0.2, 0) is 0 Å². The monoisotopic (exact) mass is 239 g/mol. The molecular weight excluding hydrogens is 210 g/mol. The zero-order valence-corrected chi connectivity index (χ0v) is 11.8. The lowest BCUT2D eigenvalue weighted by Crippen LogP contribution is -2.62. The second kappa shape index (κ2) is 5.68. The van der Waals surface area contributed by atoms with Crippen molar-refractivity contribution in [2.24, 2.45) is 5.92 Å². The Balaban J connectivity index is 2.02. The molecule has 0 radical (unpaired) electrons. The quantitative estimate of drug-likeness (QED) is 0.803. The summed E-state index contributed by atoms with van der Waals surface area (Å²) in [6.07, 6.45) is 2.66. The molecule has 2 heterocycles. The van der Waals surface area contributed by atoms with E-state index >= 15 is 0 Å². The fourth-order valence-electron chi connectivity index (χ4n) is 3.63. The molecular formula is C14H29N3. The van der Waals surface area contributed by atoms with E-state index in [0.717, 1.165) is 5.92 Å². The highest BCUT2D eigenvalue weighted by atomic mass is 15.3. The standard InChI is InChI=1S/C14H29N3/c1-4-16-9-11-17(12-10-16)14(13(2)3)5-7-15-8-6-14/h13,15H,4-12H2,1-3H3. The number of nitrogens with one attached hydrogen (secondary N) is 1. The molecule has 0 aromatic heterocycles. The van der Waals surface area contributed by atoms with Gasteiger partial charge in [0, 0.05) is 31.7 Å². The third-order valence-corrected chi connectivity index (χ3v) is 4.99. The van der Waals surface area contributed by atoms with Crippen LogP contribution in [0.5, 0.6) is 0 Å². The van der Waals surface area contributed by atoms with Crippen molar-refractivity contribution in [1.82, 2.24) is 15.1 Å². The normalized spacial score (nSPS) is 27.5. The first-order chi connectivity index (χ1) is 8.19. The van der Waals surface area contributed by atoms with Crippen LogP contribution in [0, 0.1) is 5.92 Å². The van der Waals surface area contributed by atoms with Crippen molar-refractivity contribution < 1.29 is 0 Å². The molecule has 0 aliphatic carbocycles. The first-order valence-electron chi connectivity index (χ1n) is 7.37. The number of nitrogens with zero attached hydrogens (tertiary/aromatic N) is 2. The second-order valence-electron chi connectivity index (χ2n) is 5.93. The van der Waals surface area contributed by atoms with E-state index in [0.29, 0.717) is 5.54 Å². The van der Waals surface area contributed by atoms with E-state index < -0.39 is 0 Å². The van der Waals surface area contributed by atoms with Gasteiger partial charge < -0.3 is 10.2 Å². The van der Waals surface area contributed by atoms with Crippen LogP contribution < -0.4 is 5.32 Å². The van der Waals surface area contributed by atoms with Gasteiger partial charge in [-0.2, -0.15) is 0 Å². The van der Waals surface area contributed by atoms with E-state index in [9.17, 15) is 0 Å². The van der Waals surface area contributed by atoms with Crippen LogP contribution in [0.1, 0.15) is 33.6 Å². The largest absolute Gasteiger partial charge is 0.317 e. The summed E-state index contributed by atoms with van der Waals surface area (Å²) in [7, 11) is 0. The topological polar surface area (TPSA) is 18.5 Å². The number of rotatable bonds is 3. The van der Waals surface area contributed by atoms with E-state index in [4.69, 9.17) is 0 Å². The molecule has 0 bridgehead atoms. The van der Waals surface area contributed by atoms with Crippen molar-refractivity contribution in [3.8, 4) is 0 Å². The first-order valence-corrected chi connectivity index (χ1v) is 7.37. The molecule has 2 aliphatic rings. The van der Waals surface area contributed by atoms with Gasteiger partial charge >= 0.3 is 0 Å². The van der Waals surface area contributed by atoms with Crippen LogP contribution in [0.3, 0.4) is 0 Å². The summed E-state index contributed by atoms with van der Waals surface area (Å²) in [6.45, 7) is 15.8. The van der Waals surface area contributed by atoms with Crippen molar-refractivity contribution in [2.75, 3.05) is 45.8 Å². The van der Waals surface area contributed by atoms with Gasteiger partial charge in [-0.25, -0.2) is 0 Å². The fourth-order valence-corrected chi connectivity index (χ4v) is 3.63. The first kappa shape index (κ1) is 13.3. The highest BCUT2D eigenvalue weighted by Crippen LogP contribution is 2.34. The third-order valence-electron chi connectivity index (χ3n) is 4.99. The Morgan fingerprint density at radius 3 is 2.12 bits per heavy atom. The molecule has 1 N–H and O–H groups in total. The van der Waals surface area contributed by atoms with Gasteiger partial charge in [0.25, 0.3) is 0 Å². The van der Waals surface area contributed by atoms with Gasteiger partial charge in [-0.3, -0.25) is 4.90 Å². The maximum absolute atomic E-state index is 3.52. The number of likely N-dealkylation sites (N-methyl/N-ethyl adjacent to an activating group) is 1. The molecule has 0 aromatic carbocycles. The Labute approximate surface area is 107 Å². The maximum Gasteiger partial charge on any atom is 0.0257 e. The molecule has 2 saturated heterocycles. The summed E-state index contributed by atoms with van der Waals surface area (Å²) in [6, 6.07) is 0. The van der Waals surface area contributed by atoms with Gasteiger partial charge in [0.05, 0.1) is 0 Å². The number of piperazine rings is 1. The minimum absolute atomic E-state index is 0.477. The average molecular weight is 239 g/mol. The number of piperidine rings is 1. The highest BCUT2D eigenvalue weighted by Gasteiger charge is 2.41. The summed E-state index contributed by atoms with van der Waals surface area (Å²) in [5.41, 5.74) is 0.477. The van der Waals surface area contributed by atoms with Gasteiger partial charge in [0.15, 0.2) is 0 Å². The zero-order chi connectivity index (χ0) is 12.3. The summed E-state index contributed by atoms with van der Waals surface area (Å²) in [5.74, 6) is 0.776. The predicted molar refractivity (Wildman–Crippen MR) is 73.4 cm³/mol. The molecule has 0 atom stereocenters. The number of hydrogen-bond donors (Lipinski definition) is 1. The third kappa shape index (κ3) is 2.67. The van der Waals surface area contributed by atoms with Crippen molar-refractivity contribution in [3.05, 3.63) is 0 Å². The molecule has 0 amide bonds. The van der Waals surface area contributed by atoms with Crippen LogP contribution in [0.4, 0.5) is 0 Å². The minimum atomic E-state index is 0.477. The highest BCUT2D eigenvalue weighted by molar-refractivity contribution is 4.98. The maximum atomic E-state index is 3.52. The molecule has 0 unspecified atom stereocenters. The summed E-state index contributed by atoms with van der Waals surface area (Å²) in [4.78, 5) is 5.37. The molecule has 0 spiro atoms. The van der Waals surface area contributed by atoms with Crippen LogP contribution in [0.25, 0.3) is 0 Å². The molecule has 0 aromatic rings.